The van der Waals surface area contributed by atoms with E-state index in [0.717, 1.165) is 34.7 Å². The summed E-state index contributed by atoms with van der Waals surface area (Å²) in [7, 11) is 0. The van der Waals surface area contributed by atoms with E-state index in [1.54, 1.807) is 11.3 Å². The lowest BCUT2D eigenvalue weighted by atomic mass is 10.2. The summed E-state index contributed by atoms with van der Waals surface area (Å²) >= 11 is 14.1. The molecule has 0 aliphatic rings. The second kappa shape index (κ2) is 6.39. The van der Waals surface area contributed by atoms with Crippen LogP contribution in [0.5, 0.6) is 0 Å². The van der Waals surface area contributed by atoms with Crippen LogP contribution in [0.25, 0.3) is 11.0 Å². The number of hydrogen-bond acceptors (Lipinski definition) is 2. The molecule has 3 aromatic rings. The maximum atomic E-state index is 6.41. The van der Waals surface area contributed by atoms with Crippen molar-refractivity contribution in [1.82, 2.24) is 9.55 Å². The van der Waals surface area contributed by atoms with Gasteiger partial charge in [-0.15, -0.1) is 22.9 Å². The number of para-hydroxylation sites is 1. The van der Waals surface area contributed by atoms with Crippen LogP contribution in [0, 0.1) is 0 Å². The van der Waals surface area contributed by atoms with Gasteiger partial charge < -0.3 is 4.57 Å². The third kappa shape index (κ3) is 2.96. The summed E-state index contributed by atoms with van der Waals surface area (Å²) in [5.41, 5.74) is 1.96. The van der Waals surface area contributed by atoms with E-state index in [1.165, 1.54) is 4.88 Å². The average molecular weight is 339 g/mol. The Morgan fingerprint density at radius 1 is 1.29 bits per heavy atom. The first kappa shape index (κ1) is 14.9. The Balaban J connectivity index is 2.07. The van der Waals surface area contributed by atoms with Gasteiger partial charge in [0.05, 0.1) is 16.1 Å². The number of rotatable bonds is 5. The summed E-state index contributed by atoms with van der Waals surface area (Å²) in [4.78, 5) is 6.08. The summed E-state index contributed by atoms with van der Waals surface area (Å²) in [5, 5.41) is 2.86. The Bertz CT molecular complexity index is 734. The fourth-order valence-electron chi connectivity index (χ4n) is 2.70. The van der Waals surface area contributed by atoms with Gasteiger partial charge in [0.25, 0.3) is 0 Å². The molecule has 1 aromatic carbocycles. The molecule has 0 aliphatic heterocycles. The van der Waals surface area contributed by atoms with E-state index in [9.17, 15) is 0 Å². The van der Waals surface area contributed by atoms with Gasteiger partial charge in [0.15, 0.2) is 0 Å². The van der Waals surface area contributed by atoms with Crippen molar-refractivity contribution in [2.24, 2.45) is 0 Å². The van der Waals surface area contributed by atoms with Crippen LogP contribution in [0.2, 0.25) is 5.02 Å². The molecule has 1 unspecified atom stereocenters. The average Bonchev–Trinajstić information content (AvgIpc) is 3.07. The molecule has 0 fully saturated rings. The normalized spacial score (nSPS) is 12.9. The molecule has 1 atom stereocenters. The van der Waals surface area contributed by atoms with Crippen LogP contribution in [-0.4, -0.2) is 15.4 Å². The Morgan fingerprint density at radius 3 is 2.86 bits per heavy atom. The van der Waals surface area contributed by atoms with Crippen LogP contribution < -0.4 is 0 Å². The van der Waals surface area contributed by atoms with Gasteiger partial charge in [-0.05, 0) is 30.5 Å². The first-order valence-corrected chi connectivity index (χ1v) is 8.73. The number of alkyl halides is 1. The lowest BCUT2D eigenvalue weighted by Gasteiger charge is -2.17. The van der Waals surface area contributed by atoms with Crippen molar-refractivity contribution in [1.29, 1.82) is 0 Å². The lowest BCUT2D eigenvalue weighted by molar-refractivity contribution is 0.541. The van der Waals surface area contributed by atoms with Crippen LogP contribution in [-0.2, 0) is 12.8 Å². The number of hydrogen-bond donors (Lipinski definition) is 0. The van der Waals surface area contributed by atoms with Crippen LogP contribution >= 0.6 is 34.5 Å². The molecular weight excluding hydrogens is 323 g/mol. The molecule has 3 rings (SSSR count). The fraction of sp³-hybridized carbons (Fsp3) is 0.312. The van der Waals surface area contributed by atoms with E-state index in [4.69, 9.17) is 28.2 Å². The van der Waals surface area contributed by atoms with E-state index in [1.807, 2.05) is 18.2 Å². The summed E-state index contributed by atoms with van der Waals surface area (Å²) in [6.07, 6.45) is 1.73. The predicted molar refractivity (Wildman–Crippen MR) is 91.9 cm³/mol. The van der Waals surface area contributed by atoms with Gasteiger partial charge in [0.1, 0.15) is 5.82 Å². The number of halogens is 2. The van der Waals surface area contributed by atoms with Gasteiger partial charge in [-0.2, -0.15) is 0 Å². The van der Waals surface area contributed by atoms with Crippen LogP contribution in [0.3, 0.4) is 0 Å². The van der Waals surface area contributed by atoms with E-state index >= 15 is 0 Å². The summed E-state index contributed by atoms with van der Waals surface area (Å²) in [6.45, 7) is 2.21. The number of benzene rings is 1. The van der Waals surface area contributed by atoms with Crippen molar-refractivity contribution in [2.75, 3.05) is 5.88 Å². The maximum absolute atomic E-state index is 6.41. The minimum Gasteiger partial charge on any atom is -0.324 e. The number of nitrogens with zero attached hydrogens (tertiary/aromatic N) is 2. The first-order chi connectivity index (χ1) is 10.2. The molecule has 21 heavy (non-hydrogen) atoms. The van der Waals surface area contributed by atoms with Crippen molar-refractivity contribution >= 4 is 45.6 Å². The zero-order chi connectivity index (χ0) is 14.8. The molecule has 0 aliphatic carbocycles. The lowest BCUT2D eigenvalue weighted by Crippen LogP contribution is -2.12. The highest BCUT2D eigenvalue weighted by molar-refractivity contribution is 7.09. The molecule has 2 nitrogen and oxygen atoms in total. The summed E-state index contributed by atoms with van der Waals surface area (Å²) in [6, 6.07) is 10.4. The van der Waals surface area contributed by atoms with Crippen molar-refractivity contribution in [3.05, 3.63) is 51.4 Å². The highest BCUT2D eigenvalue weighted by atomic mass is 35.5. The van der Waals surface area contributed by atoms with Crippen molar-refractivity contribution < 1.29 is 0 Å². The standard InChI is InChI=1S/C16H16Cl2N2S/c1-11(10-12-4-3-9-21-12)20-15(7-8-17)19-14-6-2-5-13(18)16(14)20/h2-6,9,11H,7-8,10H2,1H3. The monoisotopic (exact) mass is 338 g/mol. The Morgan fingerprint density at radius 2 is 2.14 bits per heavy atom. The zero-order valence-electron chi connectivity index (χ0n) is 11.7. The number of imidazole rings is 1. The number of aromatic nitrogens is 2. The largest absolute Gasteiger partial charge is 0.324 e. The minimum absolute atomic E-state index is 0.298. The molecule has 5 heteroatoms. The second-order valence-electron chi connectivity index (χ2n) is 5.08. The molecule has 0 amide bonds. The maximum Gasteiger partial charge on any atom is 0.111 e. The molecule has 0 saturated heterocycles. The third-order valence-electron chi connectivity index (χ3n) is 3.57. The number of aryl methyl sites for hydroxylation is 1. The second-order valence-corrected chi connectivity index (χ2v) is 6.89. The topological polar surface area (TPSA) is 17.8 Å². The molecule has 0 radical (unpaired) electrons. The highest BCUT2D eigenvalue weighted by Crippen LogP contribution is 2.30. The van der Waals surface area contributed by atoms with E-state index < -0.39 is 0 Å². The SMILES string of the molecule is CC(Cc1cccs1)n1c(CCCl)nc2cccc(Cl)c21. The summed E-state index contributed by atoms with van der Waals surface area (Å²) in [5.74, 6) is 1.57. The first-order valence-electron chi connectivity index (χ1n) is 6.94. The molecule has 0 N–H and O–H groups in total. The fourth-order valence-corrected chi connectivity index (χ4v) is 3.96. The molecule has 0 spiro atoms. The molecular formula is C16H16Cl2N2S. The molecule has 0 bridgehead atoms. The molecule has 2 aromatic heterocycles. The van der Waals surface area contributed by atoms with Gasteiger partial charge in [-0.1, -0.05) is 23.7 Å². The van der Waals surface area contributed by atoms with Gasteiger partial charge in [-0.3, -0.25) is 0 Å². The number of thiophene rings is 1. The zero-order valence-corrected chi connectivity index (χ0v) is 14.0. The Kier molecular flexibility index (Phi) is 4.53. The van der Waals surface area contributed by atoms with Crippen molar-refractivity contribution in [3.8, 4) is 0 Å². The quantitative estimate of drug-likeness (QED) is 0.574. The van der Waals surface area contributed by atoms with E-state index in [0.29, 0.717) is 11.9 Å². The van der Waals surface area contributed by atoms with Crippen LogP contribution in [0.1, 0.15) is 23.7 Å². The smallest absolute Gasteiger partial charge is 0.111 e. The van der Waals surface area contributed by atoms with Crippen LogP contribution in [0.15, 0.2) is 35.7 Å². The number of fused-ring (bicyclic) bond motifs is 1. The molecule has 0 saturated carbocycles. The van der Waals surface area contributed by atoms with Gasteiger partial charge in [0.2, 0.25) is 0 Å². The van der Waals surface area contributed by atoms with Gasteiger partial charge in [-0.25, -0.2) is 4.98 Å². The predicted octanol–water partition coefficient (Wildman–Crippen LogP) is 5.34. The highest BCUT2D eigenvalue weighted by Gasteiger charge is 2.18. The van der Waals surface area contributed by atoms with Crippen molar-refractivity contribution in [2.45, 2.75) is 25.8 Å². The Hall–Kier alpha value is -1.03. The van der Waals surface area contributed by atoms with E-state index in [-0.39, 0.29) is 0 Å². The third-order valence-corrected chi connectivity index (χ3v) is 4.96. The van der Waals surface area contributed by atoms with Gasteiger partial charge >= 0.3 is 0 Å². The van der Waals surface area contributed by atoms with Crippen molar-refractivity contribution in [3.63, 3.8) is 0 Å². The summed E-state index contributed by atoms with van der Waals surface area (Å²) < 4.78 is 2.25. The molecule has 110 valence electrons. The minimum atomic E-state index is 0.298. The Labute approximate surface area is 138 Å². The van der Waals surface area contributed by atoms with E-state index in [2.05, 4.69) is 29.0 Å². The van der Waals surface area contributed by atoms with Crippen LogP contribution in [0.4, 0.5) is 0 Å². The van der Waals surface area contributed by atoms with Gasteiger partial charge in [0, 0.05) is 29.6 Å². The molecule has 2 heterocycles.